The van der Waals surface area contributed by atoms with E-state index in [9.17, 15) is 0 Å². The van der Waals surface area contributed by atoms with Crippen LogP contribution in [0, 0.1) is 0 Å². The normalized spacial score (nSPS) is 19.5. The number of benzene rings is 1. The maximum absolute atomic E-state index is 6.10. The van der Waals surface area contributed by atoms with Gasteiger partial charge in [-0.05, 0) is 48.9 Å². The monoisotopic (exact) mass is 228 g/mol. The quantitative estimate of drug-likeness (QED) is 0.842. The average molecular weight is 228 g/mol. The molecule has 1 heterocycles. The van der Waals surface area contributed by atoms with E-state index in [4.69, 9.17) is 5.73 Å². The van der Waals surface area contributed by atoms with Crippen LogP contribution in [-0.2, 0) is 19.4 Å². The number of nitrogens with zero attached hydrogens (tertiary/aromatic N) is 1. The second kappa shape index (κ2) is 4.19. The van der Waals surface area contributed by atoms with Gasteiger partial charge < -0.3 is 10.3 Å². The van der Waals surface area contributed by atoms with Gasteiger partial charge in [0.05, 0.1) is 0 Å². The topological polar surface area (TPSA) is 30.9 Å². The summed E-state index contributed by atoms with van der Waals surface area (Å²) >= 11 is 0. The molecule has 0 spiro atoms. The highest BCUT2D eigenvalue weighted by molar-refractivity contribution is 5.85. The van der Waals surface area contributed by atoms with Gasteiger partial charge in [-0.2, -0.15) is 0 Å². The van der Waals surface area contributed by atoms with E-state index in [-0.39, 0.29) is 0 Å². The molecule has 3 rings (SSSR count). The van der Waals surface area contributed by atoms with Crippen LogP contribution >= 0.6 is 0 Å². The molecule has 0 saturated heterocycles. The summed E-state index contributed by atoms with van der Waals surface area (Å²) in [6.45, 7) is 3.33. The van der Waals surface area contributed by atoms with Crippen LogP contribution in [0.5, 0.6) is 0 Å². The standard InChI is InChI=1S/C15H20N2/c1-2-8-17-9-7-13-14-10-12(16)5-3-11(14)4-6-15(13)17/h4,6-7,9,12H,2-3,5,8,10,16H2,1H3. The van der Waals surface area contributed by atoms with Gasteiger partial charge in [0.2, 0.25) is 0 Å². The Morgan fingerprint density at radius 1 is 1.35 bits per heavy atom. The van der Waals surface area contributed by atoms with Crippen molar-refractivity contribution in [1.29, 1.82) is 0 Å². The smallest absolute Gasteiger partial charge is 0.0483 e. The van der Waals surface area contributed by atoms with E-state index >= 15 is 0 Å². The van der Waals surface area contributed by atoms with Crippen molar-refractivity contribution < 1.29 is 0 Å². The van der Waals surface area contributed by atoms with Gasteiger partial charge in [-0.1, -0.05) is 13.0 Å². The zero-order valence-corrected chi connectivity index (χ0v) is 10.4. The van der Waals surface area contributed by atoms with Crippen molar-refractivity contribution >= 4 is 10.9 Å². The van der Waals surface area contributed by atoms with E-state index in [0.29, 0.717) is 6.04 Å². The predicted octanol–water partition coefficient (Wildman–Crippen LogP) is 2.87. The summed E-state index contributed by atoms with van der Waals surface area (Å²) < 4.78 is 2.36. The van der Waals surface area contributed by atoms with Gasteiger partial charge >= 0.3 is 0 Å². The molecule has 2 heteroatoms. The Kier molecular flexibility index (Phi) is 2.67. The Hall–Kier alpha value is -1.28. The van der Waals surface area contributed by atoms with Gasteiger partial charge in [0.25, 0.3) is 0 Å². The summed E-state index contributed by atoms with van der Waals surface area (Å²) in [5.74, 6) is 0. The first-order valence-electron chi connectivity index (χ1n) is 6.64. The predicted molar refractivity (Wildman–Crippen MR) is 72.2 cm³/mol. The Balaban J connectivity index is 2.14. The minimum absolute atomic E-state index is 0.350. The summed E-state index contributed by atoms with van der Waals surface area (Å²) in [7, 11) is 0. The van der Waals surface area contributed by atoms with E-state index in [1.165, 1.54) is 28.5 Å². The molecule has 2 nitrogen and oxygen atoms in total. The third-order valence-electron chi connectivity index (χ3n) is 3.88. The lowest BCUT2D eigenvalue weighted by Gasteiger charge is -2.22. The number of hydrogen-bond acceptors (Lipinski definition) is 1. The highest BCUT2D eigenvalue weighted by Gasteiger charge is 2.18. The molecule has 2 N–H and O–H groups in total. The molecule has 1 aromatic carbocycles. The maximum atomic E-state index is 6.10. The van der Waals surface area contributed by atoms with Gasteiger partial charge in [-0.3, -0.25) is 0 Å². The fraction of sp³-hybridized carbons (Fsp3) is 0.467. The van der Waals surface area contributed by atoms with Gasteiger partial charge in [-0.15, -0.1) is 0 Å². The minimum Gasteiger partial charge on any atom is -0.347 e. The number of rotatable bonds is 2. The molecule has 2 aromatic rings. The molecule has 90 valence electrons. The van der Waals surface area contributed by atoms with Crippen molar-refractivity contribution in [2.75, 3.05) is 0 Å². The maximum Gasteiger partial charge on any atom is 0.0483 e. The largest absolute Gasteiger partial charge is 0.347 e. The Morgan fingerprint density at radius 2 is 2.24 bits per heavy atom. The summed E-state index contributed by atoms with van der Waals surface area (Å²) in [5.41, 5.74) is 10.5. The molecular weight excluding hydrogens is 208 g/mol. The van der Waals surface area contributed by atoms with Gasteiger partial charge in [0, 0.05) is 29.7 Å². The van der Waals surface area contributed by atoms with E-state index in [2.05, 4.69) is 35.9 Å². The van der Waals surface area contributed by atoms with Gasteiger partial charge in [0.1, 0.15) is 0 Å². The average Bonchev–Trinajstić information content (AvgIpc) is 2.73. The van der Waals surface area contributed by atoms with Gasteiger partial charge in [-0.25, -0.2) is 0 Å². The molecule has 0 fully saturated rings. The van der Waals surface area contributed by atoms with Crippen molar-refractivity contribution in [3.63, 3.8) is 0 Å². The van der Waals surface area contributed by atoms with Crippen LogP contribution in [0.15, 0.2) is 24.4 Å². The third-order valence-corrected chi connectivity index (χ3v) is 3.88. The second-order valence-electron chi connectivity index (χ2n) is 5.15. The molecule has 1 aromatic heterocycles. The molecule has 1 aliphatic rings. The number of aryl methyl sites for hydroxylation is 2. The van der Waals surface area contributed by atoms with E-state index in [1.54, 1.807) is 0 Å². The summed E-state index contributed by atoms with van der Waals surface area (Å²) in [6.07, 6.45) is 6.72. The zero-order chi connectivity index (χ0) is 11.8. The molecule has 0 amide bonds. The number of fused-ring (bicyclic) bond motifs is 3. The van der Waals surface area contributed by atoms with Crippen LogP contribution in [0.1, 0.15) is 30.9 Å². The van der Waals surface area contributed by atoms with Crippen LogP contribution in [0.25, 0.3) is 10.9 Å². The molecule has 1 aliphatic carbocycles. The first-order valence-corrected chi connectivity index (χ1v) is 6.64. The molecule has 0 radical (unpaired) electrons. The lowest BCUT2D eigenvalue weighted by Crippen LogP contribution is -2.27. The van der Waals surface area contributed by atoms with Gasteiger partial charge in [0.15, 0.2) is 0 Å². The third kappa shape index (κ3) is 1.77. The fourth-order valence-electron chi connectivity index (χ4n) is 3.00. The first-order chi connectivity index (χ1) is 8.29. The Labute approximate surface area is 102 Å². The number of aromatic nitrogens is 1. The van der Waals surface area contributed by atoms with E-state index in [0.717, 1.165) is 25.8 Å². The molecule has 17 heavy (non-hydrogen) atoms. The summed E-state index contributed by atoms with van der Waals surface area (Å²) in [4.78, 5) is 0. The highest BCUT2D eigenvalue weighted by Crippen LogP contribution is 2.29. The molecule has 0 bridgehead atoms. The van der Waals surface area contributed by atoms with Crippen LogP contribution in [0.3, 0.4) is 0 Å². The Bertz CT molecular complexity index is 539. The van der Waals surface area contributed by atoms with Crippen molar-refractivity contribution in [3.8, 4) is 0 Å². The minimum atomic E-state index is 0.350. The molecule has 1 unspecified atom stereocenters. The molecule has 1 atom stereocenters. The highest BCUT2D eigenvalue weighted by atomic mass is 14.9. The number of hydrogen-bond donors (Lipinski definition) is 1. The van der Waals surface area contributed by atoms with Crippen LogP contribution in [0.4, 0.5) is 0 Å². The van der Waals surface area contributed by atoms with Crippen molar-refractivity contribution in [3.05, 3.63) is 35.5 Å². The van der Waals surface area contributed by atoms with E-state index < -0.39 is 0 Å². The second-order valence-corrected chi connectivity index (χ2v) is 5.15. The fourth-order valence-corrected chi connectivity index (χ4v) is 3.00. The van der Waals surface area contributed by atoms with Crippen LogP contribution in [-0.4, -0.2) is 10.6 Å². The summed E-state index contributed by atoms with van der Waals surface area (Å²) in [5, 5.41) is 1.42. The molecule has 0 aliphatic heterocycles. The number of nitrogens with two attached hydrogens (primary N) is 1. The zero-order valence-electron chi connectivity index (χ0n) is 10.4. The SMILES string of the molecule is CCCn1ccc2c3c(ccc21)CCC(N)C3. The molecule has 0 saturated carbocycles. The van der Waals surface area contributed by atoms with E-state index in [1.807, 2.05) is 0 Å². The molecular formula is C15H20N2. The van der Waals surface area contributed by atoms with Crippen molar-refractivity contribution in [2.24, 2.45) is 5.73 Å². The van der Waals surface area contributed by atoms with Crippen LogP contribution in [0.2, 0.25) is 0 Å². The van der Waals surface area contributed by atoms with Crippen molar-refractivity contribution in [2.45, 2.75) is 45.2 Å². The first kappa shape index (κ1) is 10.8. The summed E-state index contributed by atoms with van der Waals surface area (Å²) in [6, 6.07) is 7.20. The Morgan fingerprint density at radius 3 is 3.06 bits per heavy atom. The lowest BCUT2D eigenvalue weighted by atomic mass is 9.87. The van der Waals surface area contributed by atoms with Crippen LogP contribution < -0.4 is 5.73 Å². The lowest BCUT2D eigenvalue weighted by molar-refractivity contribution is 0.579. The van der Waals surface area contributed by atoms with Crippen molar-refractivity contribution in [1.82, 2.24) is 4.57 Å².